The first-order valence-electron chi connectivity index (χ1n) is 7.83. The molecule has 0 unspecified atom stereocenters. The Morgan fingerprint density at radius 1 is 1.23 bits per heavy atom. The summed E-state index contributed by atoms with van der Waals surface area (Å²) in [7, 11) is 1.57. The Balaban J connectivity index is 2.83. The number of hydrogen-bond acceptors (Lipinski definition) is 4. The third kappa shape index (κ3) is 5.84. The first-order chi connectivity index (χ1) is 10.6. The van der Waals surface area contributed by atoms with Gasteiger partial charge in [-0.3, -0.25) is 10.1 Å². The molecule has 0 saturated carbocycles. The van der Waals surface area contributed by atoms with Gasteiger partial charge in [-0.15, -0.1) is 0 Å². The Bertz CT molecular complexity index is 458. The van der Waals surface area contributed by atoms with E-state index in [2.05, 4.69) is 6.92 Å². The van der Waals surface area contributed by atoms with Crippen molar-refractivity contribution in [2.75, 3.05) is 13.7 Å². The van der Waals surface area contributed by atoms with Crippen LogP contribution in [0.25, 0.3) is 0 Å². The zero-order valence-electron chi connectivity index (χ0n) is 13.4. The fourth-order valence-corrected chi connectivity index (χ4v) is 2.67. The molecule has 0 spiro atoms. The SMILES string of the molecule is CCCCCC[C@@H](C=O)[C@H](C[N+](=O)[O-])c1ccc(OC)cc1. The fourth-order valence-electron chi connectivity index (χ4n) is 2.67. The highest BCUT2D eigenvalue weighted by atomic mass is 16.6. The second-order valence-electron chi connectivity index (χ2n) is 5.54. The maximum Gasteiger partial charge on any atom is 0.211 e. The molecule has 0 radical (unpaired) electrons. The summed E-state index contributed by atoms with van der Waals surface area (Å²) < 4.78 is 5.11. The predicted octanol–water partition coefficient (Wildman–Crippen LogP) is 3.84. The lowest BCUT2D eigenvalue weighted by atomic mass is 9.83. The summed E-state index contributed by atoms with van der Waals surface area (Å²) in [5, 5.41) is 11.0. The molecule has 22 heavy (non-hydrogen) atoms. The van der Waals surface area contributed by atoms with Crippen LogP contribution in [-0.4, -0.2) is 24.9 Å². The van der Waals surface area contributed by atoms with Gasteiger partial charge in [-0.05, 0) is 24.1 Å². The lowest BCUT2D eigenvalue weighted by Gasteiger charge is -2.20. The van der Waals surface area contributed by atoms with Gasteiger partial charge in [0, 0.05) is 10.8 Å². The average molecular weight is 307 g/mol. The molecule has 0 bridgehead atoms. The molecule has 0 fully saturated rings. The van der Waals surface area contributed by atoms with Crippen LogP contribution in [0, 0.1) is 16.0 Å². The van der Waals surface area contributed by atoms with Gasteiger partial charge in [-0.25, -0.2) is 0 Å². The first-order valence-corrected chi connectivity index (χ1v) is 7.83. The van der Waals surface area contributed by atoms with Crippen LogP contribution in [0.2, 0.25) is 0 Å². The van der Waals surface area contributed by atoms with E-state index in [0.29, 0.717) is 12.2 Å². The van der Waals surface area contributed by atoms with Crippen molar-refractivity contribution in [3.8, 4) is 5.75 Å². The van der Waals surface area contributed by atoms with Gasteiger partial charge in [-0.1, -0.05) is 44.7 Å². The van der Waals surface area contributed by atoms with Gasteiger partial charge < -0.3 is 9.53 Å². The molecule has 5 heteroatoms. The molecular weight excluding hydrogens is 282 g/mol. The number of ether oxygens (including phenoxy) is 1. The summed E-state index contributed by atoms with van der Waals surface area (Å²) in [5.74, 6) is 0.0184. The second kappa shape index (κ2) is 9.92. The van der Waals surface area contributed by atoms with Crippen LogP contribution in [0.4, 0.5) is 0 Å². The van der Waals surface area contributed by atoms with Crippen molar-refractivity contribution in [3.05, 3.63) is 39.9 Å². The molecule has 5 nitrogen and oxygen atoms in total. The molecule has 1 aromatic carbocycles. The summed E-state index contributed by atoms with van der Waals surface area (Å²) in [6.45, 7) is 1.91. The van der Waals surface area contributed by atoms with Crippen LogP contribution in [-0.2, 0) is 4.79 Å². The van der Waals surface area contributed by atoms with Crippen molar-refractivity contribution in [2.24, 2.45) is 5.92 Å². The lowest BCUT2D eigenvalue weighted by molar-refractivity contribution is -0.484. The van der Waals surface area contributed by atoms with Crippen molar-refractivity contribution in [1.82, 2.24) is 0 Å². The molecule has 1 aromatic rings. The van der Waals surface area contributed by atoms with Crippen molar-refractivity contribution >= 4 is 6.29 Å². The van der Waals surface area contributed by atoms with E-state index in [1.165, 1.54) is 0 Å². The molecule has 0 amide bonds. The average Bonchev–Trinajstić information content (AvgIpc) is 2.53. The minimum atomic E-state index is -0.375. The van der Waals surface area contributed by atoms with E-state index in [-0.39, 0.29) is 23.3 Å². The third-order valence-electron chi connectivity index (χ3n) is 3.97. The third-order valence-corrected chi connectivity index (χ3v) is 3.97. The van der Waals surface area contributed by atoms with Gasteiger partial charge in [0.25, 0.3) is 0 Å². The van der Waals surface area contributed by atoms with E-state index in [4.69, 9.17) is 4.74 Å². The summed E-state index contributed by atoms with van der Waals surface area (Å²) in [6, 6.07) is 7.19. The molecule has 0 saturated heterocycles. The maximum atomic E-state index is 11.4. The number of carbonyl (C=O) groups excluding carboxylic acids is 1. The summed E-state index contributed by atoms with van der Waals surface area (Å²) >= 11 is 0. The first kappa shape index (κ1) is 18.1. The normalized spacial score (nSPS) is 13.4. The molecule has 0 N–H and O–H groups in total. The Morgan fingerprint density at radius 3 is 2.41 bits per heavy atom. The number of unbranched alkanes of at least 4 members (excludes halogenated alkanes) is 3. The van der Waals surface area contributed by atoms with Gasteiger partial charge in [0.2, 0.25) is 6.54 Å². The monoisotopic (exact) mass is 307 g/mol. The molecule has 0 aliphatic carbocycles. The van der Waals surface area contributed by atoms with Gasteiger partial charge in [0.05, 0.1) is 13.0 Å². The minimum absolute atomic E-state index is 0.219. The highest BCUT2D eigenvalue weighted by Gasteiger charge is 2.27. The van der Waals surface area contributed by atoms with Crippen LogP contribution >= 0.6 is 0 Å². The summed E-state index contributed by atoms with van der Waals surface area (Å²) in [4.78, 5) is 22.1. The quantitative estimate of drug-likeness (QED) is 0.269. The number of nitrogens with zero attached hydrogens (tertiary/aromatic N) is 1. The number of hydrogen-bond donors (Lipinski definition) is 0. The van der Waals surface area contributed by atoms with E-state index in [9.17, 15) is 14.9 Å². The molecule has 0 aromatic heterocycles. The molecule has 0 heterocycles. The molecule has 2 atom stereocenters. The molecule has 1 rings (SSSR count). The van der Waals surface area contributed by atoms with Crippen molar-refractivity contribution in [3.63, 3.8) is 0 Å². The number of rotatable bonds is 11. The highest BCUT2D eigenvalue weighted by Crippen LogP contribution is 2.29. The standard InChI is InChI=1S/C17H25NO4/c1-3-4-5-6-7-15(13-19)17(12-18(20)21)14-8-10-16(22-2)11-9-14/h8-11,13,15,17H,3-7,12H2,1-2H3/t15-,17+/m0/s1. The Labute approximate surface area is 131 Å². The lowest BCUT2D eigenvalue weighted by Crippen LogP contribution is -2.22. The number of nitro groups is 1. The summed E-state index contributed by atoms with van der Waals surface area (Å²) in [6.07, 6.45) is 5.84. The van der Waals surface area contributed by atoms with E-state index in [0.717, 1.165) is 37.5 Å². The molecule has 0 aliphatic heterocycles. The predicted molar refractivity (Wildman–Crippen MR) is 85.9 cm³/mol. The van der Waals surface area contributed by atoms with Crippen LogP contribution in [0.5, 0.6) is 5.75 Å². The zero-order chi connectivity index (χ0) is 16.4. The number of aldehydes is 1. The van der Waals surface area contributed by atoms with Gasteiger partial charge >= 0.3 is 0 Å². The van der Waals surface area contributed by atoms with E-state index in [1.807, 2.05) is 12.1 Å². The molecule has 0 aliphatic rings. The van der Waals surface area contributed by atoms with Crippen LogP contribution < -0.4 is 4.74 Å². The Morgan fingerprint density at radius 2 is 1.91 bits per heavy atom. The number of methoxy groups -OCH3 is 1. The smallest absolute Gasteiger partial charge is 0.211 e. The van der Waals surface area contributed by atoms with E-state index >= 15 is 0 Å². The van der Waals surface area contributed by atoms with Crippen molar-refractivity contribution in [2.45, 2.75) is 44.9 Å². The van der Waals surface area contributed by atoms with Crippen LogP contribution in [0.3, 0.4) is 0 Å². The van der Waals surface area contributed by atoms with Crippen molar-refractivity contribution in [1.29, 1.82) is 0 Å². The topological polar surface area (TPSA) is 69.4 Å². The van der Waals surface area contributed by atoms with E-state index in [1.54, 1.807) is 19.2 Å². The minimum Gasteiger partial charge on any atom is -0.497 e. The zero-order valence-corrected chi connectivity index (χ0v) is 13.4. The van der Waals surface area contributed by atoms with Crippen LogP contribution in [0.15, 0.2) is 24.3 Å². The largest absolute Gasteiger partial charge is 0.497 e. The fraction of sp³-hybridized carbons (Fsp3) is 0.588. The maximum absolute atomic E-state index is 11.4. The highest BCUT2D eigenvalue weighted by molar-refractivity contribution is 5.56. The Kier molecular flexibility index (Phi) is 8.18. The van der Waals surface area contributed by atoms with Crippen molar-refractivity contribution < 1.29 is 14.5 Å². The summed E-state index contributed by atoms with van der Waals surface area (Å²) in [5.41, 5.74) is 0.824. The second-order valence-corrected chi connectivity index (χ2v) is 5.54. The van der Waals surface area contributed by atoms with Gasteiger partial charge in [-0.2, -0.15) is 0 Å². The Hall–Kier alpha value is -1.91. The van der Waals surface area contributed by atoms with Crippen LogP contribution in [0.1, 0.15) is 50.5 Å². The molecule has 122 valence electrons. The van der Waals surface area contributed by atoms with Gasteiger partial charge in [0.15, 0.2) is 0 Å². The number of benzene rings is 1. The molecular formula is C17H25NO4. The van der Waals surface area contributed by atoms with E-state index < -0.39 is 0 Å². The number of carbonyl (C=O) groups is 1. The van der Waals surface area contributed by atoms with Gasteiger partial charge in [0.1, 0.15) is 12.0 Å².